The lowest BCUT2D eigenvalue weighted by Crippen LogP contribution is -2.16. The quantitative estimate of drug-likeness (QED) is 0.313. The van der Waals surface area contributed by atoms with Gasteiger partial charge in [-0.2, -0.15) is 0 Å². The van der Waals surface area contributed by atoms with E-state index in [0.29, 0.717) is 0 Å². The van der Waals surface area contributed by atoms with Gasteiger partial charge < -0.3 is 14.2 Å². The van der Waals surface area contributed by atoms with Gasteiger partial charge in [-0.15, -0.1) is 0 Å². The van der Waals surface area contributed by atoms with Gasteiger partial charge in [0.25, 0.3) is 0 Å². The van der Waals surface area contributed by atoms with Crippen molar-refractivity contribution in [2.45, 2.75) is 27.7 Å². The highest BCUT2D eigenvalue weighted by Crippen LogP contribution is 2.03. The van der Waals surface area contributed by atoms with E-state index in [2.05, 4.69) is 14.2 Å². The number of hydrogen-bond acceptors (Lipinski definition) is 7. The van der Waals surface area contributed by atoms with Gasteiger partial charge in [-0.3, -0.25) is 0 Å². The van der Waals surface area contributed by atoms with E-state index in [1.54, 1.807) is 13.8 Å². The monoisotopic (exact) mass is 298 g/mol. The summed E-state index contributed by atoms with van der Waals surface area (Å²) in [7, 11) is 0. The number of carbonyl (C=O) groups is 4. The molecule has 0 aliphatic heterocycles. The van der Waals surface area contributed by atoms with Crippen molar-refractivity contribution < 1.29 is 33.4 Å². The number of hydrogen-bond donors (Lipinski definition) is 0. The molecule has 0 bridgehead atoms. The SMILES string of the molecule is CCOC(=O)/C=C(\C)C(=O)OC(=O)/C(C)=C/C(=O)OCC. The maximum absolute atomic E-state index is 11.5. The van der Waals surface area contributed by atoms with Gasteiger partial charge in [0.2, 0.25) is 0 Å². The molecule has 0 aromatic heterocycles. The van der Waals surface area contributed by atoms with Crippen molar-refractivity contribution in [3.63, 3.8) is 0 Å². The smallest absolute Gasteiger partial charge is 0.341 e. The van der Waals surface area contributed by atoms with Crippen molar-refractivity contribution in [2.24, 2.45) is 0 Å². The minimum Gasteiger partial charge on any atom is -0.463 e. The first-order valence-electron chi connectivity index (χ1n) is 6.28. The summed E-state index contributed by atoms with van der Waals surface area (Å²) in [5.74, 6) is -3.41. The molecule has 0 N–H and O–H groups in total. The second-order valence-corrected chi connectivity index (χ2v) is 3.84. The van der Waals surface area contributed by atoms with Gasteiger partial charge in [0.1, 0.15) is 0 Å². The van der Waals surface area contributed by atoms with Gasteiger partial charge in [0.15, 0.2) is 0 Å². The van der Waals surface area contributed by atoms with Gasteiger partial charge in [0, 0.05) is 23.3 Å². The molecule has 0 aliphatic rings. The number of carbonyl (C=O) groups excluding carboxylic acids is 4. The molecule has 0 unspecified atom stereocenters. The zero-order valence-corrected chi connectivity index (χ0v) is 12.4. The van der Waals surface area contributed by atoms with Crippen LogP contribution in [0.1, 0.15) is 27.7 Å². The average molecular weight is 298 g/mol. The Hall–Kier alpha value is -2.44. The third kappa shape index (κ3) is 7.66. The van der Waals surface area contributed by atoms with Crippen LogP contribution in [0.5, 0.6) is 0 Å². The van der Waals surface area contributed by atoms with E-state index in [4.69, 9.17) is 0 Å². The highest BCUT2D eigenvalue weighted by atomic mass is 16.6. The molecular weight excluding hydrogens is 280 g/mol. The molecule has 0 radical (unpaired) electrons. The molecule has 21 heavy (non-hydrogen) atoms. The van der Waals surface area contributed by atoms with E-state index < -0.39 is 23.9 Å². The Balaban J connectivity index is 4.67. The summed E-state index contributed by atoms with van der Waals surface area (Å²) >= 11 is 0. The van der Waals surface area contributed by atoms with Gasteiger partial charge in [-0.1, -0.05) is 0 Å². The molecule has 0 saturated heterocycles. The molecular formula is C14H18O7. The first-order valence-corrected chi connectivity index (χ1v) is 6.28. The number of rotatable bonds is 6. The van der Waals surface area contributed by atoms with Crippen LogP contribution < -0.4 is 0 Å². The van der Waals surface area contributed by atoms with Crippen molar-refractivity contribution in [1.29, 1.82) is 0 Å². The molecule has 0 saturated carbocycles. The minimum atomic E-state index is -0.996. The van der Waals surface area contributed by atoms with E-state index in [1.807, 2.05) is 0 Å². The fraction of sp³-hybridized carbons (Fsp3) is 0.429. The standard InChI is InChI=1S/C14H18O7/c1-5-19-11(15)7-9(3)13(17)21-14(18)10(4)8-12(16)20-6-2/h7-8H,5-6H2,1-4H3/b9-7+,10-8+. The topological polar surface area (TPSA) is 96.0 Å². The van der Waals surface area contributed by atoms with Gasteiger partial charge in [-0.25, -0.2) is 19.2 Å². The van der Waals surface area contributed by atoms with Crippen LogP contribution in [-0.4, -0.2) is 37.1 Å². The van der Waals surface area contributed by atoms with Crippen LogP contribution in [0.25, 0.3) is 0 Å². The Morgan fingerprint density at radius 1 is 0.762 bits per heavy atom. The predicted octanol–water partition coefficient (Wildman–Crippen LogP) is 1.08. The summed E-state index contributed by atoms with van der Waals surface area (Å²) < 4.78 is 13.7. The van der Waals surface area contributed by atoms with Crippen LogP contribution in [0.2, 0.25) is 0 Å². The van der Waals surface area contributed by atoms with Crippen molar-refractivity contribution >= 4 is 23.9 Å². The largest absolute Gasteiger partial charge is 0.463 e. The van der Waals surface area contributed by atoms with E-state index >= 15 is 0 Å². The van der Waals surface area contributed by atoms with Crippen molar-refractivity contribution in [1.82, 2.24) is 0 Å². The van der Waals surface area contributed by atoms with Crippen LogP contribution in [0.4, 0.5) is 0 Å². The highest BCUT2D eigenvalue weighted by molar-refractivity contribution is 6.05. The molecule has 0 aromatic rings. The maximum Gasteiger partial charge on any atom is 0.341 e. The van der Waals surface area contributed by atoms with Gasteiger partial charge >= 0.3 is 23.9 Å². The number of esters is 4. The van der Waals surface area contributed by atoms with Crippen molar-refractivity contribution in [2.75, 3.05) is 13.2 Å². The van der Waals surface area contributed by atoms with Crippen LogP contribution in [-0.2, 0) is 33.4 Å². The zero-order valence-electron chi connectivity index (χ0n) is 12.4. The minimum absolute atomic E-state index is 0.0919. The van der Waals surface area contributed by atoms with Crippen LogP contribution in [0, 0.1) is 0 Å². The summed E-state index contributed by atoms with van der Waals surface area (Å²) in [5.41, 5.74) is -0.184. The van der Waals surface area contributed by atoms with Crippen LogP contribution in [0.3, 0.4) is 0 Å². The van der Waals surface area contributed by atoms with Gasteiger partial charge in [-0.05, 0) is 27.7 Å². The fourth-order valence-electron chi connectivity index (χ4n) is 1.08. The Morgan fingerprint density at radius 2 is 1.10 bits per heavy atom. The molecule has 0 aromatic carbocycles. The summed E-state index contributed by atoms with van der Waals surface area (Å²) in [5, 5.41) is 0. The predicted molar refractivity (Wildman–Crippen MR) is 71.9 cm³/mol. The second kappa shape index (κ2) is 9.46. The molecule has 0 amide bonds. The zero-order chi connectivity index (χ0) is 16.4. The Morgan fingerprint density at radius 3 is 1.38 bits per heavy atom. The summed E-state index contributed by atoms with van der Waals surface area (Å²) in [4.78, 5) is 45.4. The lowest BCUT2D eigenvalue weighted by atomic mass is 10.2. The first-order chi connectivity index (χ1) is 9.81. The summed E-state index contributed by atoms with van der Waals surface area (Å²) in [6.07, 6.45) is 1.84. The van der Waals surface area contributed by atoms with Crippen molar-refractivity contribution in [3.8, 4) is 0 Å². The lowest BCUT2D eigenvalue weighted by Gasteiger charge is -2.03. The van der Waals surface area contributed by atoms with Crippen LogP contribution >= 0.6 is 0 Å². The van der Waals surface area contributed by atoms with E-state index in [1.165, 1.54) is 13.8 Å². The fourth-order valence-corrected chi connectivity index (χ4v) is 1.08. The maximum atomic E-state index is 11.5. The molecule has 0 atom stereocenters. The molecule has 0 spiro atoms. The first kappa shape index (κ1) is 18.6. The normalized spacial score (nSPS) is 11.6. The summed E-state index contributed by atoms with van der Waals surface area (Å²) in [6.45, 7) is 6.17. The molecule has 116 valence electrons. The molecule has 0 aliphatic carbocycles. The Labute approximate surface area is 122 Å². The molecule has 0 heterocycles. The number of ether oxygens (including phenoxy) is 3. The van der Waals surface area contributed by atoms with E-state index in [0.717, 1.165) is 12.2 Å². The average Bonchev–Trinajstić information content (AvgIpc) is 2.38. The molecule has 7 nitrogen and oxygen atoms in total. The second-order valence-electron chi connectivity index (χ2n) is 3.84. The highest BCUT2D eigenvalue weighted by Gasteiger charge is 2.16. The molecule has 0 rings (SSSR count). The molecule has 7 heteroatoms. The molecule has 0 fully saturated rings. The van der Waals surface area contributed by atoms with Crippen LogP contribution in [0.15, 0.2) is 23.3 Å². The third-order valence-electron chi connectivity index (χ3n) is 2.07. The Kier molecular flexibility index (Phi) is 8.36. The van der Waals surface area contributed by atoms with E-state index in [-0.39, 0.29) is 24.4 Å². The Bertz CT molecular complexity index is 442. The van der Waals surface area contributed by atoms with E-state index in [9.17, 15) is 19.2 Å². The summed E-state index contributed by atoms with van der Waals surface area (Å²) in [6, 6.07) is 0. The van der Waals surface area contributed by atoms with Crippen molar-refractivity contribution in [3.05, 3.63) is 23.3 Å². The van der Waals surface area contributed by atoms with Gasteiger partial charge in [0.05, 0.1) is 13.2 Å². The lowest BCUT2D eigenvalue weighted by molar-refractivity contribution is -0.154. The third-order valence-corrected chi connectivity index (χ3v) is 2.07.